The third-order valence-corrected chi connectivity index (χ3v) is 2.69. The normalized spacial score (nSPS) is 12.9. The number of hydrogen-bond acceptors (Lipinski definition) is 2. The molecular weight excluding hydrogens is 234 g/mol. The van der Waals surface area contributed by atoms with Crippen molar-refractivity contribution in [3.8, 4) is 11.8 Å². The van der Waals surface area contributed by atoms with Crippen molar-refractivity contribution in [1.82, 2.24) is 0 Å². The average molecular weight is 252 g/mol. The predicted octanol–water partition coefficient (Wildman–Crippen LogP) is 3.80. The maximum Gasteiger partial charge on any atom is 0.154 e. The number of nitrogens with zero attached hydrogens (tertiary/aromatic N) is 1. The summed E-state index contributed by atoms with van der Waals surface area (Å²) in [5.41, 5.74) is 2.28. The van der Waals surface area contributed by atoms with E-state index in [0.29, 0.717) is 0 Å². The molecule has 0 aromatic heterocycles. The Bertz CT molecular complexity index is 429. The van der Waals surface area contributed by atoms with Crippen LogP contribution in [0.3, 0.4) is 0 Å². The van der Waals surface area contributed by atoms with E-state index in [0.717, 1.165) is 16.9 Å². The van der Waals surface area contributed by atoms with E-state index in [9.17, 15) is 0 Å². The first-order valence-corrected chi connectivity index (χ1v) is 6.06. The largest absolute Gasteiger partial charge is 0.491 e. The van der Waals surface area contributed by atoms with Crippen molar-refractivity contribution in [1.29, 1.82) is 5.26 Å². The van der Waals surface area contributed by atoms with Crippen LogP contribution in [0.25, 0.3) is 0 Å². The minimum atomic E-state index is -0.608. The Labute approximate surface area is 108 Å². The third-order valence-electron chi connectivity index (χ3n) is 2.47. The second kappa shape index (κ2) is 5.42. The van der Waals surface area contributed by atoms with Crippen molar-refractivity contribution in [3.63, 3.8) is 0 Å². The van der Waals surface area contributed by atoms with Gasteiger partial charge in [-0.05, 0) is 29.5 Å². The van der Waals surface area contributed by atoms with E-state index >= 15 is 0 Å². The minimum absolute atomic E-state index is 0.0114. The van der Waals surface area contributed by atoms with Gasteiger partial charge in [0.1, 0.15) is 12.4 Å². The zero-order valence-corrected chi connectivity index (χ0v) is 11.5. The molecule has 2 nitrogen and oxygen atoms in total. The SMILES string of the molecule is Cc1ccc(C(C)(C)C)c(OCC(Cl)C#N)c1. The first-order chi connectivity index (χ1) is 7.84. The smallest absolute Gasteiger partial charge is 0.154 e. The first kappa shape index (κ1) is 13.9. The molecule has 0 fully saturated rings. The van der Waals surface area contributed by atoms with Gasteiger partial charge in [-0.1, -0.05) is 32.9 Å². The second-order valence-corrected chi connectivity index (χ2v) is 5.68. The summed E-state index contributed by atoms with van der Waals surface area (Å²) in [6, 6.07) is 8.07. The van der Waals surface area contributed by atoms with E-state index in [-0.39, 0.29) is 12.0 Å². The van der Waals surface area contributed by atoms with E-state index in [2.05, 4.69) is 32.9 Å². The zero-order chi connectivity index (χ0) is 13.1. The van der Waals surface area contributed by atoms with Gasteiger partial charge in [-0.2, -0.15) is 5.26 Å². The van der Waals surface area contributed by atoms with E-state index < -0.39 is 5.38 Å². The van der Waals surface area contributed by atoms with Crippen LogP contribution in [0.15, 0.2) is 18.2 Å². The summed E-state index contributed by atoms with van der Waals surface area (Å²) in [4.78, 5) is 0. The Morgan fingerprint density at radius 2 is 2.06 bits per heavy atom. The average Bonchev–Trinajstić information content (AvgIpc) is 2.24. The molecule has 1 rings (SSSR count). The van der Waals surface area contributed by atoms with Gasteiger partial charge in [-0.25, -0.2) is 0 Å². The molecule has 1 aromatic carbocycles. The van der Waals surface area contributed by atoms with Crippen LogP contribution < -0.4 is 4.74 Å². The van der Waals surface area contributed by atoms with Crippen LogP contribution in [0, 0.1) is 18.3 Å². The summed E-state index contributed by atoms with van der Waals surface area (Å²) in [5, 5.41) is 8.03. The number of aryl methyl sites for hydroxylation is 1. The molecule has 0 saturated heterocycles. The fourth-order valence-electron chi connectivity index (χ4n) is 1.57. The summed E-state index contributed by atoms with van der Waals surface area (Å²) in [7, 11) is 0. The van der Waals surface area contributed by atoms with Gasteiger partial charge in [0.15, 0.2) is 5.38 Å². The molecule has 0 saturated carbocycles. The van der Waals surface area contributed by atoms with Gasteiger partial charge in [0, 0.05) is 0 Å². The van der Waals surface area contributed by atoms with Crippen LogP contribution in [0.2, 0.25) is 0 Å². The lowest BCUT2D eigenvalue weighted by atomic mass is 9.86. The van der Waals surface area contributed by atoms with E-state index in [4.69, 9.17) is 21.6 Å². The highest BCUT2D eigenvalue weighted by Crippen LogP contribution is 2.32. The van der Waals surface area contributed by atoms with Crippen molar-refractivity contribution in [2.75, 3.05) is 6.61 Å². The molecular formula is C14H18ClNO. The van der Waals surface area contributed by atoms with Gasteiger partial charge in [-0.15, -0.1) is 11.6 Å². The summed E-state index contributed by atoms with van der Waals surface area (Å²) < 4.78 is 5.64. The topological polar surface area (TPSA) is 33.0 Å². The quantitative estimate of drug-likeness (QED) is 0.766. The number of rotatable bonds is 3. The fraction of sp³-hybridized carbons (Fsp3) is 0.500. The molecule has 0 spiro atoms. The van der Waals surface area contributed by atoms with Crippen molar-refractivity contribution < 1.29 is 4.74 Å². The fourth-order valence-corrected chi connectivity index (χ4v) is 1.63. The van der Waals surface area contributed by atoms with Crippen LogP contribution in [0.5, 0.6) is 5.75 Å². The Morgan fingerprint density at radius 1 is 1.41 bits per heavy atom. The number of alkyl halides is 1. The first-order valence-electron chi connectivity index (χ1n) is 5.62. The van der Waals surface area contributed by atoms with Crippen LogP contribution in [-0.4, -0.2) is 12.0 Å². The number of halogens is 1. The molecule has 1 aromatic rings. The standard InChI is InChI=1S/C14H18ClNO/c1-10-5-6-12(14(2,3)4)13(7-10)17-9-11(15)8-16/h5-7,11H,9H2,1-4H3. The van der Waals surface area contributed by atoms with Crippen LogP contribution in [0.1, 0.15) is 31.9 Å². The molecule has 1 atom stereocenters. The number of hydrogen-bond donors (Lipinski definition) is 0. The van der Waals surface area contributed by atoms with E-state index in [1.165, 1.54) is 0 Å². The molecule has 0 amide bonds. The maximum atomic E-state index is 8.63. The zero-order valence-electron chi connectivity index (χ0n) is 10.7. The third kappa shape index (κ3) is 3.94. The second-order valence-electron chi connectivity index (χ2n) is 5.16. The molecule has 3 heteroatoms. The molecule has 0 aliphatic rings. The molecule has 0 aliphatic carbocycles. The van der Waals surface area contributed by atoms with Crippen LogP contribution >= 0.6 is 11.6 Å². The monoisotopic (exact) mass is 251 g/mol. The molecule has 0 aliphatic heterocycles. The van der Waals surface area contributed by atoms with Crippen LogP contribution in [0.4, 0.5) is 0 Å². The highest BCUT2D eigenvalue weighted by molar-refractivity contribution is 6.22. The lowest BCUT2D eigenvalue weighted by Crippen LogP contribution is -2.16. The van der Waals surface area contributed by atoms with Gasteiger partial charge >= 0.3 is 0 Å². The van der Waals surface area contributed by atoms with Crippen LogP contribution in [-0.2, 0) is 5.41 Å². The number of nitriles is 1. The molecule has 0 bridgehead atoms. The predicted molar refractivity (Wildman–Crippen MR) is 70.6 cm³/mol. The Kier molecular flexibility index (Phi) is 4.42. The van der Waals surface area contributed by atoms with E-state index in [1.807, 2.05) is 19.1 Å². The summed E-state index contributed by atoms with van der Waals surface area (Å²) in [6.45, 7) is 8.62. The number of ether oxygens (including phenoxy) is 1. The highest BCUT2D eigenvalue weighted by atomic mass is 35.5. The molecule has 1 unspecified atom stereocenters. The number of benzene rings is 1. The molecule has 0 radical (unpaired) electrons. The lowest BCUT2D eigenvalue weighted by molar-refractivity contribution is 0.319. The van der Waals surface area contributed by atoms with Crippen molar-refractivity contribution in [2.24, 2.45) is 0 Å². The summed E-state index contributed by atoms with van der Waals surface area (Å²) in [5.74, 6) is 0.818. The van der Waals surface area contributed by atoms with Crippen molar-refractivity contribution in [2.45, 2.75) is 38.5 Å². The summed E-state index contributed by atoms with van der Waals surface area (Å²) >= 11 is 5.74. The molecule has 0 N–H and O–H groups in total. The Balaban J connectivity index is 2.97. The van der Waals surface area contributed by atoms with Gasteiger partial charge in [0.25, 0.3) is 0 Å². The van der Waals surface area contributed by atoms with Crippen molar-refractivity contribution >= 4 is 11.6 Å². The van der Waals surface area contributed by atoms with E-state index in [1.54, 1.807) is 0 Å². The molecule has 92 valence electrons. The molecule has 0 heterocycles. The lowest BCUT2D eigenvalue weighted by Gasteiger charge is -2.23. The van der Waals surface area contributed by atoms with Gasteiger partial charge in [-0.3, -0.25) is 0 Å². The van der Waals surface area contributed by atoms with Crippen molar-refractivity contribution in [3.05, 3.63) is 29.3 Å². The van der Waals surface area contributed by atoms with Gasteiger partial charge < -0.3 is 4.74 Å². The highest BCUT2D eigenvalue weighted by Gasteiger charge is 2.19. The van der Waals surface area contributed by atoms with Gasteiger partial charge in [0.2, 0.25) is 0 Å². The summed E-state index contributed by atoms with van der Waals surface area (Å²) in [6.07, 6.45) is 0. The van der Waals surface area contributed by atoms with Gasteiger partial charge in [0.05, 0.1) is 6.07 Å². The molecule has 17 heavy (non-hydrogen) atoms. The Morgan fingerprint density at radius 3 is 2.59 bits per heavy atom. The maximum absolute atomic E-state index is 8.63. The minimum Gasteiger partial charge on any atom is -0.491 e. The Hall–Kier alpha value is -1.20.